The summed E-state index contributed by atoms with van der Waals surface area (Å²) in [6, 6.07) is 11.2. The number of aromatic hydroxyl groups is 1. The Hall–Kier alpha value is -2.94. The summed E-state index contributed by atoms with van der Waals surface area (Å²) in [5, 5.41) is 16.3. The Morgan fingerprint density at radius 3 is 2.27 bits per heavy atom. The van der Waals surface area contributed by atoms with Crippen LogP contribution in [0.15, 0.2) is 36.4 Å². The number of nitrogens with zero attached hydrogens (tertiary/aromatic N) is 2. The second-order valence-corrected chi connectivity index (χ2v) is 11.7. The van der Waals surface area contributed by atoms with Crippen LogP contribution in [0.3, 0.4) is 0 Å². The molecule has 2 aromatic carbocycles. The highest BCUT2D eigenvalue weighted by atomic mass is 16.5. The highest BCUT2D eigenvalue weighted by Gasteiger charge is 2.33. The Balaban J connectivity index is 1.27. The number of rotatable bonds is 11. The van der Waals surface area contributed by atoms with Crippen molar-refractivity contribution in [3.05, 3.63) is 53.1 Å². The van der Waals surface area contributed by atoms with Crippen molar-refractivity contribution in [2.24, 2.45) is 0 Å². The number of phenols is 1. The number of ether oxygens (including phenoxy) is 1. The molecule has 8 nitrogen and oxygen atoms in total. The quantitative estimate of drug-likeness (QED) is 0.213. The van der Waals surface area contributed by atoms with Crippen molar-refractivity contribution in [3.8, 4) is 5.75 Å². The van der Waals surface area contributed by atoms with Crippen LogP contribution in [0.4, 0.5) is 11.4 Å². The molecule has 0 aromatic heterocycles. The molecule has 0 aliphatic carbocycles. The predicted molar refractivity (Wildman–Crippen MR) is 160 cm³/mol. The van der Waals surface area contributed by atoms with Gasteiger partial charge in [-0.1, -0.05) is 36.8 Å². The average Bonchev–Trinajstić information content (AvgIpc) is 2.93. The Morgan fingerprint density at radius 1 is 0.900 bits per heavy atom. The molecule has 218 valence electrons. The third-order valence-electron chi connectivity index (χ3n) is 8.64. The van der Waals surface area contributed by atoms with Gasteiger partial charge in [-0.3, -0.25) is 14.5 Å². The van der Waals surface area contributed by atoms with Crippen LogP contribution in [0, 0.1) is 20.8 Å². The van der Waals surface area contributed by atoms with E-state index in [1.54, 1.807) is 12.1 Å². The molecule has 2 aliphatic heterocycles. The summed E-state index contributed by atoms with van der Waals surface area (Å²) in [6.45, 7) is 11.8. The van der Waals surface area contributed by atoms with Gasteiger partial charge in [0.25, 0.3) is 5.91 Å². The van der Waals surface area contributed by atoms with Crippen molar-refractivity contribution in [1.29, 1.82) is 0 Å². The molecule has 0 radical (unpaired) electrons. The lowest BCUT2D eigenvalue weighted by Gasteiger charge is -2.41. The normalized spacial score (nSPS) is 19.2. The number of benzene rings is 2. The van der Waals surface area contributed by atoms with Gasteiger partial charge in [0, 0.05) is 12.2 Å². The van der Waals surface area contributed by atoms with Gasteiger partial charge in [0.1, 0.15) is 12.3 Å². The molecule has 2 heterocycles. The first-order chi connectivity index (χ1) is 19.3. The van der Waals surface area contributed by atoms with Gasteiger partial charge < -0.3 is 25.0 Å². The molecule has 0 bridgehead atoms. The van der Waals surface area contributed by atoms with Crippen molar-refractivity contribution in [3.63, 3.8) is 0 Å². The number of para-hydroxylation sites is 2. The van der Waals surface area contributed by atoms with E-state index in [-0.39, 0.29) is 23.6 Å². The first-order valence-electron chi connectivity index (χ1n) is 14.9. The minimum atomic E-state index is -0.140. The number of aryl methyl sites for hydroxylation is 3. The van der Waals surface area contributed by atoms with E-state index in [1.807, 2.05) is 45.0 Å². The third kappa shape index (κ3) is 7.83. The van der Waals surface area contributed by atoms with Crippen LogP contribution in [0.1, 0.15) is 55.2 Å². The van der Waals surface area contributed by atoms with Crippen molar-refractivity contribution < 1.29 is 23.9 Å². The molecule has 40 heavy (non-hydrogen) atoms. The van der Waals surface area contributed by atoms with Gasteiger partial charge in [-0.05, 0) is 82.2 Å². The topological polar surface area (TPSA) is 90.9 Å². The first kappa shape index (κ1) is 30.0. The SMILES string of the molecule is Cc1cccc(C)c1NC(=O)C1CCCCN1CCOCC[N+]1(CC(=O)Nc2c(C)cccc2O)CCCCC1. The molecule has 0 saturated carbocycles. The lowest BCUT2D eigenvalue weighted by atomic mass is 10.0. The minimum absolute atomic E-state index is 0.0700. The van der Waals surface area contributed by atoms with Crippen LogP contribution in [-0.2, 0) is 14.3 Å². The van der Waals surface area contributed by atoms with Crippen molar-refractivity contribution in [2.75, 3.05) is 63.1 Å². The molecule has 2 aliphatic rings. The molecule has 1 atom stereocenters. The van der Waals surface area contributed by atoms with Gasteiger partial charge in [0.15, 0.2) is 6.54 Å². The van der Waals surface area contributed by atoms with E-state index in [9.17, 15) is 14.7 Å². The Kier molecular flexibility index (Phi) is 10.6. The number of quaternary nitrogens is 1. The predicted octanol–water partition coefficient (Wildman–Crippen LogP) is 4.77. The van der Waals surface area contributed by atoms with E-state index in [1.165, 1.54) is 6.42 Å². The molecule has 2 fully saturated rings. The maximum atomic E-state index is 13.2. The number of hydrogen-bond acceptors (Lipinski definition) is 5. The van der Waals surface area contributed by atoms with E-state index >= 15 is 0 Å². The number of carbonyl (C=O) groups excluding carboxylic acids is 2. The van der Waals surface area contributed by atoms with Gasteiger partial charge in [0.2, 0.25) is 5.91 Å². The maximum Gasteiger partial charge on any atom is 0.279 e. The fourth-order valence-corrected chi connectivity index (χ4v) is 6.26. The second-order valence-electron chi connectivity index (χ2n) is 11.7. The fraction of sp³-hybridized carbons (Fsp3) is 0.562. The average molecular weight is 552 g/mol. The van der Waals surface area contributed by atoms with Crippen LogP contribution in [-0.4, -0.2) is 84.8 Å². The summed E-state index contributed by atoms with van der Waals surface area (Å²) in [7, 11) is 0. The summed E-state index contributed by atoms with van der Waals surface area (Å²) in [5.74, 6) is 0.0961. The standard InChI is InChI=1S/C32H46N4O4/c1-24-11-9-12-25(2)30(24)34-32(39)27-14-5-6-16-35(27)17-21-40-22-20-36(18-7-4-8-19-36)23-29(38)33-31-26(3)13-10-15-28(31)37/h9-13,15,27H,4-8,14,16-23H2,1-3H3,(H2-,33,34,37,38,39)/p+1. The second kappa shape index (κ2) is 14.1. The largest absolute Gasteiger partial charge is 0.506 e. The monoisotopic (exact) mass is 551 g/mol. The zero-order valence-electron chi connectivity index (χ0n) is 24.5. The summed E-state index contributed by atoms with van der Waals surface area (Å²) >= 11 is 0. The van der Waals surface area contributed by atoms with Gasteiger partial charge in [-0.25, -0.2) is 0 Å². The van der Waals surface area contributed by atoms with Crippen LogP contribution in [0.2, 0.25) is 0 Å². The smallest absolute Gasteiger partial charge is 0.279 e. The molecule has 4 rings (SSSR count). The Bertz CT molecular complexity index is 1120. The molecule has 0 spiro atoms. The molecule has 1 unspecified atom stereocenters. The fourth-order valence-electron chi connectivity index (χ4n) is 6.26. The van der Waals surface area contributed by atoms with Gasteiger partial charge >= 0.3 is 0 Å². The number of hydrogen-bond donors (Lipinski definition) is 3. The van der Waals surface area contributed by atoms with Crippen molar-refractivity contribution in [1.82, 2.24) is 4.90 Å². The zero-order chi connectivity index (χ0) is 28.5. The van der Waals surface area contributed by atoms with E-state index in [0.29, 0.717) is 29.9 Å². The summed E-state index contributed by atoms with van der Waals surface area (Å²) in [5.41, 5.74) is 4.43. The van der Waals surface area contributed by atoms with Crippen LogP contribution < -0.4 is 10.6 Å². The van der Waals surface area contributed by atoms with Gasteiger partial charge in [0.05, 0.1) is 38.0 Å². The van der Waals surface area contributed by atoms with Crippen molar-refractivity contribution in [2.45, 2.75) is 65.3 Å². The number of anilines is 2. The molecule has 8 heteroatoms. The van der Waals surface area contributed by atoms with E-state index in [4.69, 9.17) is 4.74 Å². The molecule has 2 aromatic rings. The molecular formula is C32H47N4O4+. The van der Waals surface area contributed by atoms with E-state index < -0.39 is 0 Å². The molecule has 3 N–H and O–H groups in total. The number of piperidine rings is 2. The third-order valence-corrected chi connectivity index (χ3v) is 8.64. The van der Waals surface area contributed by atoms with Crippen molar-refractivity contribution >= 4 is 23.2 Å². The highest BCUT2D eigenvalue weighted by Crippen LogP contribution is 2.27. The van der Waals surface area contributed by atoms with E-state index in [2.05, 4.69) is 15.5 Å². The highest BCUT2D eigenvalue weighted by molar-refractivity contribution is 5.96. The van der Waals surface area contributed by atoms with Crippen LogP contribution in [0.5, 0.6) is 5.75 Å². The lowest BCUT2D eigenvalue weighted by molar-refractivity contribution is -0.925. The maximum absolute atomic E-state index is 13.2. The lowest BCUT2D eigenvalue weighted by Crippen LogP contribution is -2.56. The number of likely N-dealkylation sites (tertiary alicyclic amines) is 2. The number of amides is 2. The Labute approximate surface area is 239 Å². The van der Waals surface area contributed by atoms with Crippen LogP contribution in [0.25, 0.3) is 0 Å². The van der Waals surface area contributed by atoms with Crippen LogP contribution >= 0.6 is 0 Å². The molecule has 2 saturated heterocycles. The van der Waals surface area contributed by atoms with Gasteiger partial charge in [-0.15, -0.1) is 0 Å². The Morgan fingerprint density at radius 2 is 1.57 bits per heavy atom. The number of nitrogens with one attached hydrogen (secondary N) is 2. The zero-order valence-corrected chi connectivity index (χ0v) is 24.5. The summed E-state index contributed by atoms with van der Waals surface area (Å²) < 4.78 is 6.84. The number of carbonyl (C=O) groups is 2. The van der Waals surface area contributed by atoms with Gasteiger partial charge in [-0.2, -0.15) is 0 Å². The summed E-state index contributed by atoms with van der Waals surface area (Å²) in [6.07, 6.45) is 6.43. The molecular weight excluding hydrogens is 504 g/mol. The van der Waals surface area contributed by atoms with E-state index in [0.717, 1.165) is 87.2 Å². The number of phenolic OH excluding ortho intramolecular Hbond substituents is 1. The minimum Gasteiger partial charge on any atom is -0.506 e. The first-order valence-corrected chi connectivity index (χ1v) is 14.9. The molecule has 2 amide bonds. The summed E-state index contributed by atoms with van der Waals surface area (Å²) in [4.78, 5) is 28.5.